The first-order valence-electron chi connectivity index (χ1n) is 17.5. The number of phenolic OH excluding ortho intramolecular Hbond substituents is 1. The molecule has 0 spiro atoms. The van der Waals surface area contributed by atoms with Gasteiger partial charge in [-0.3, -0.25) is 0 Å². The summed E-state index contributed by atoms with van der Waals surface area (Å²) in [6.07, 6.45) is -0.105. The highest BCUT2D eigenvalue weighted by Crippen LogP contribution is 2.34. The van der Waals surface area contributed by atoms with Crippen molar-refractivity contribution in [3.8, 4) is 67.9 Å². The van der Waals surface area contributed by atoms with Crippen molar-refractivity contribution in [1.82, 2.24) is 15.0 Å². The zero-order chi connectivity index (χ0) is 35.9. The third-order valence-corrected chi connectivity index (χ3v) is 9.57. The maximum atomic E-state index is 12.9. The molecule has 4 unspecified atom stereocenters. The van der Waals surface area contributed by atoms with E-state index in [9.17, 15) is 9.90 Å². The molecule has 7 nitrogen and oxygen atoms in total. The fraction of sp³-hybridized carbons (Fsp3) is 0.227. The summed E-state index contributed by atoms with van der Waals surface area (Å²) in [5.74, 6) is 1.67. The molecule has 1 heterocycles. The van der Waals surface area contributed by atoms with Crippen LogP contribution in [0.2, 0.25) is 0 Å². The third kappa shape index (κ3) is 8.32. The normalized spacial score (nSPS) is 13.5. The van der Waals surface area contributed by atoms with Crippen molar-refractivity contribution in [2.75, 3.05) is 0 Å². The van der Waals surface area contributed by atoms with E-state index in [0.717, 1.165) is 39.8 Å². The van der Waals surface area contributed by atoms with Crippen LogP contribution in [0.5, 0.6) is 11.5 Å². The minimum Gasteiger partial charge on any atom is -0.507 e. The van der Waals surface area contributed by atoms with Gasteiger partial charge in [-0.15, -0.1) is 0 Å². The molecule has 0 saturated heterocycles. The number of carbonyl (C=O) groups is 1. The molecule has 0 bridgehead atoms. The molecule has 0 aliphatic rings. The predicted octanol–water partition coefficient (Wildman–Crippen LogP) is 10.3. The number of hydrogen-bond donors (Lipinski definition) is 1. The Morgan fingerprint density at radius 1 is 0.608 bits per heavy atom. The van der Waals surface area contributed by atoms with Crippen LogP contribution in [0.3, 0.4) is 0 Å². The largest absolute Gasteiger partial charge is 0.507 e. The van der Waals surface area contributed by atoms with Crippen LogP contribution in [-0.2, 0) is 9.53 Å². The van der Waals surface area contributed by atoms with Gasteiger partial charge in [-0.1, -0.05) is 136 Å². The molecule has 6 rings (SSSR count). The fourth-order valence-corrected chi connectivity index (χ4v) is 5.89. The Hall–Kier alpha value is -5.82. The lowest BCUT2D eigenvalue weighted by Crippen LogP contribution is -2.33. The second kappa shape index (κ2) is 15.8. The van der Waals surface area contributed by atoms with Crippen LogP contribution in [0, 0.1) is 11.8 Å². The average Bonchev–Trinajstić information content (AvgIpc) is 3.18. The molecular formula is C44H43N3O4. The van der Waals surface area contributed by atoms with Gasteiger partial charge in [0.05, 0.1) is 5.56 Å². The number of nitrogens with zero attached hydrogens (tertiary/aromatic N) is 3. The summed E-state index contributed by atoms with van der Waals surface area (Å²) in [5, 5.41) is 11.3. The minimum absolute atomic E-state index is 0.0891. The van der Waals surface area contributed by atoms with E-state index in [1.807, 2.05) is 91.9 Å². The van der Waals surface area contributed by atoms with Gasteiger partial charge in [0, 0.05) is 17.2 Å². The van der Waals surface area contributed by atoms with Crippen molar-refractivity contribution in [3.05, 3.63) is 127 Å². The first-order chi connectivity index (χ1) is 24.7. The van der Waals surface area contributed by atoms with Crippen molar-refractivity contribution < 1.29 is 19.4 Å². The first kappa shape index (κ1) is 35.0. The van der Waals surface area contributed by atoms with Crippen molar-refractivity contribution in [2.24, 2.45) is 11.8 Å². The summed E-state index contributed by atoms with van der Waals surface area (Å²) < 4.78 is 11.6. The lowest BCUT2D eigenvalue weighted by molar-refractivity contribution is -0.159. The molecule has 0 radical (unpaired) electrons. The highest BCUT2D eigenvalue weighted by molar-refractivity contribution is 5.76. The maximum absolute atomic E-state index is 12.9. The molecule has 0 aliphatic carbocycles. The Bertz CT molecular complexity index is 1970. The Balaban J connectivity index is 1.30. The van der Waals surface area contributed by atoms with Gasteiger partial charge in [0.25, 0.3) is 0 Å². The fourth-order valence-electron chi connectivity index (χ4n) is 5.89. The number of hydrogen-bond acceptors (Lipinski definition) is 7. The van der Waals surface area contributed by atoms with Crippen molar-refractivity contribution >= 4 is 5.97 Å². The van der Waals surface area contributed by atoms with E-state index < -0.39 is 12.1 Å². The summed E-state index contributed by atoms with van der Waals surface area (Å²) in [5.41, 5.74) is 6.41. The predicted molar refractivity (Wildman–Crippen MR) is 203 cm³/mol. The van der Waals surface area contributed by atoms with Gasteiger partial charge in [-0.25, -0.2) is 19.7 Å². The summed E-state index contributed by atoms with van der Waals surface area (Å²) in [6, 6.07) is 41.3. The molecule has 0 aliphatic heterocycles. The molecule has 6 aromatic rings. The molecular weight excluding hydrogens is 635 g/mol. The maximum Gasteiger partial charge on any atom is 0.347 e. The number of phenols is 1. The van der Waals surface area contributed by atoms with Gasteiger partial charge in [0.2, 0.25) is 0 Å². The summed E-state index contributed by atoms with van der Waals surface area (Å²) >= 11 is 0. The van der Waals surface area contributed by atoms with Crippen molar-refractivity contribution in [1.29, 1.82) is 0 Å². The SMILES string of the molecule is CCC(C)C(C)C(C)OC(=O)C(C)Oc1ccc(-c2nc(-c3ccc(-c4ccccc4)cc3)nc(-c3ccc(-c4ccccc4)cc3)n2)c(O)c1. The molecule has 7 heteroatoms. The van der Waals surface area contributed by atoms with E-state index in [4.69, 9.17) is 24.4 Å². The van der Waals surface area contributed by atoms with Gasteiger partial charge in [0.1, 0.15) is 17.6 Å². The molecule has 1 N–H and O–H groups in total. The van der Waals surface area contributed by atoms with E-state index in [0.29, 0.717) is 34.7 Å². The summed E-state index contributed by atoms with van der Waals surface area (Å²) in [6.45, 7) is 9.93. The minimum atomic E-state index is -0.866. The third-order valence-electron chi connectivity index (χ3n) is 9.57. The highest BCUT2D eigenvalue weighted by atomic mass is 16.6. The van der Waals surface area contributed by atoms with Crippen LogP contribution >= 0.6 is 0 Å². The Morgan fingerprint density at radius 2 is 1.06 bits per heavy atom. The molecule has 0 saturated carbocycles. The molecule has 5 aromatic carbocycles. The van der Waals surface area contributed by atoms with Crippen LogP contribution in [0.1, 0.15) is 41.0 Å². The molecule has 51 heavy (non-hydrogen) atoms. The van der Waals surface area contributed by atoms with Gasteiger partial charge in [-0.05, 0) is 60.1 Å². The molecule has 0 amide bonds. The standard InChI is InChI=1S/C44H43N3O4/c1-6-28(2)29(3)30(4)51-44(49)31(5)50-38-25-26-39(40(48)27-38)43-46-41(36-21-17-34(18-22-36)32-13-9-7-10-14-32)45-42(47-43)37-23-19-35(20-24-37)33-15-11-8-12-16-33/h7-31,48H,6H2,1-5H3. The lowest BCUT2D eigenvalue weighted by Gasteiger charge is -2.26. The van der Waals surface area contributed by atoms with Crippen molar-refractivity contribution in [2.45, 2.75) is 53.2 Å². The number of aromatic hydroxyl groups is 1. The van der Waals surface area contributed by atoms with E-state index in [-0.39, 0.29) is 17.8 Å². The molecule has 258 valence electrons. The van der Waals surface area contributed by atoms with E-state index in [2.05, 4.69) is 45.0 Å². The lowest BCUT2D eigenvalue weighted by atomic mass is 9.89. The topological polar surface area (TPSA) is 94.4 Å². The number of aromatic nitrogens is 3. The zero-order valence-corrected chi connectivity index (χ0v) is 29.7. The van der Waals surface area contributed by atoms with Crippen LogP contribution in [0.4, 0.5) is 0 Å². The van der Waals surface area contributed by atoms with Crippen LogP contribution in [0.15, 0.2) is 127 Å². The Morgan fingerprint density at radius 3 is 1.53 bits per heavy atom. The van der Waals surface area contributed by atoms with Crippen molar-refractivity contribution in [3.63, 3.8) is 0 Å². The van der Waals surface area contributed by atoms with E-state index in [1.165, 1.54) is 6.07 Å². The molecule has 4 atom stereocenters. The number of ether oxygens (including phenoxy) is 2. The van der Waals surface area contributed by atoms with E-state index in [1.54, 1.807) is 19.1 Å². The van der Waals surface area contributed by atoms with Crippen LogP contribution in [0.25, 0.3) is 56.4 Å². The molecule has 1 aromatic heterocycles. The van der Waals surface area contributed by atoms with Gasteiger partial charge >= 0.3 is 5.97 Å². The van der Waals surface area contributed by atoms with Gasteiger partial charge in [-0.2, -0.15) is 0 Å². The average molecular weight is 678 g/mol. The monoisotopic (exact) mass is 677 g/mol. The molecule has 0 fully saturated rings. The Kier molecular flexibility index (Phi) is 10.9. The number of carbonyl (C=O) groups excluding carboxylic acids is 1. The first-order valence-corrected chi connectivity index (χ1v) is 17.5. The van der Waals surface area contributed by atoms with Crippen LogP contribution < -0.4 is 4.74 Å². The zero-order valence-electron chi connectivity index (χ0n) is 29.7. The second-order valence-electron chi connectivity index (χ2n) is 13.0. The quantitative estimate of drug-likeness (QED) is 0.129. The van der Waals surface area contributed by atoms with Gasteiger partial charge in [0.15, 0.2) is 23.6 Å². The number of esters is 1. The highest BCUT2D eigenvalue weighted by Gasteiger charge is 2.25. The smallest absolute Gasteiger partial charge is 0.347 e. The summed E-state index contributed by atoms with van der Waals surface area (Å²) in [7, 11) is 0. The number of benzene rings is 5. The second-order valence-corrected chi connectivity index (χ2v) is 13.0. The summed E-state index contributed by atoms with van der Waals surface area (Å²) in [4.78, 5) is 27.4. The van der Waals surface area contributed by atoms with Gasteiger partial charge < -0.3 is 14.6 Å². The number of rotatable bonds is 12. The van der Waals surface area contributed by atoms with E-state index >= 15 is 0 Å². The van der Waals surface area contributed by atoms with Crippen LogP contribution in [-0.4, -0.2) is 38.2 Å². The Labute approximate surface area is 300 Å².